The van der Waals surface area contributed by atoms with Gasteiger partial charge in [0.1, 0.15) is 12.0 Å². The van der Waals surface area contributed by atoms with Gasteiger partial charge in [-0.05, 0) is 17.7 Å². The van der Waals surface area contributed by atoms with Gasteiger partial charge in [0.05, 0.1) is 24.8 Å². The number of nitrogens with one attached hydrogen (secondary N) is 1. The fraction of sp³-hybridized carbons (Fsp3) is 0.412. The van der Waals surface area contributed by atoms with Crippen molar-refractivity contribution in [2.75, 3.05) is 27.3 Å². The van der Waals surface area contributed by atoms with E-state index < -0.39 is 0 Å². The molecule has 1 aromatic carbocycles. The summed E-state index contributed by atoms with van der Waals surface area (Å²) in [6.45, 7) is 2.40. The van der Waals surface area contributed by atoms with Crippen LogP contribution in [0.25, 0.3) is 0 Å². The molecule has 0 saturated carbocycles. The molecule has 2 aromatic rings. The monoisotopic (exact) mass is 492 g/mol. The Morgan fingerprint density at radius 1 is 1.35 bits per heavy atom. The van der Waals surface area contributed by atoms with Crippen LogP contribution in [0, 0.1) is 0 Å². The molecule has 1 N–H and O–H groups in total. The normalized spacial score (nSPS) is 13.6. The first-order valence-electron chi connectivity index (χ1n) is 8.06. The lowest BCUT2D eigenvalue weighted by atomic mass is 10.2. The first kappa shape index (κ1) is 20.6. The lowest BCUT2D eigenvalue weighted by Crippen LogP contribution is -2.38. The lowest BCUT2D eigenvalue weighted by Gasteiger charge is -2.21. The van der Waals surface area contributed by atoms with E-state index in [0.717, 1.165) is 23.6 Å². The van der Waals surface area contributed by atoms with Crippen molar-refractivity contribution in [3.8, 4) is 11.5 Å². The highest BCUT2D eigenvalue weighted by molar-refractivity contribution is 14.0. The molecule has 0 radical (unpaired) electrons. The SMILES string of the molecule is CN=C(NCc1cc(Cl)c2c(c1)OCCCO2)N(C)Cc1ccon1.I. The molecule has 0 bridgehead atoms. The van der Waals surface area contributed by atoms with Gasteiger partial charge in [-0.1, -0.05) is 16.8 Å². The Morgan fingerprint density at radius 2 is 2.15 bits per heavy atom. The number of aliphatic imine (C=N–C) groups is 1. The predicted octanol–water partition coefficient (Wildman–Crippen LogP) is 3.31. The Morgan fingerprint density at radius 3 is 2.88 bits per heavy atom. The number of guanidine groups is 1. The van der Waals surface area contributed by atoms with Crippen molar-refractivity contribution in [3.63, 3.8) is 0 Å². The van der Waals surface area contributed by atoms with Gasteiger partial charge in [-0.3, -0.25) is 4.99 Å². The molecule has 0 amide bonds. The summed E-state index contributed by atoms with van der Waals surface area (Å²) in [6.07, 6.45) is 2.40. The average Bonchev–Trinajstić information content (AvgIpc) is 2.98. The molecular weight excluding hydrogens is 471 g/mol. The zero-order valence-corrected chi connectivity index (χ0v) is 17.8. The highest BCUT2D eigenvalue weighted by atomic mass is 127. The molecule has 0 atom stereocenters. The molecule has 0 unspecified atom stereocenters. The lowest BCUT2D eigenvalue weighted by molar-refractivity contribution is 0.297. The number of benzene rings is 1. The van der Waals surface area contributed by atoms with E-state index in [2.05, 4.69) is 15.5 Å². The van der Waals surface area contributed by atoms with Gasteiger partial charge >= 0.3 is 0 Å². The van der Waals surface area contributed by atoms with E-state index in [9.17, 15) is 0 Å². The largest absolute Gasteiger partial charge is 0.489 e. The summed E-state index contributed by atoms with van der Waals surface area (Å²) < 4.78 is 16.2. The molecular formula is C17H22ClIN4O3. The summed E-state index contributed by atoms with van der Waals surface area (Å²) in [6, 6.07) is 5.66. The molecule has 1 aliphatic heterocycles. The van der Waals surface area contributed by atoms with Crippen molar-refractivity contribution in [1.82, 2.24) is 15.4 Å². The summed E-state index contributed by atoms with van der Waals surface area (Å²) >= 11 is 6.33. The first-order valence-corrected chi connectivity index (χ1v) is 8.44. The minimum atomic E-state index is 0. The minimum Gasteiger partial charge on any atom is -0.489 e. The van der Waals surface area contributed by atoms with Crippen LogP contribution in [0.3, 0.4) is 0 Å². The quantitative estimate of drug-likeness (QED) is 0.401. The average molecular weight is 493 g/mol. The van der Waals surface area contributed by atoms with Crippen molar-refractivity contribution < 1.29 is 14.0 Å². The number of fused-ring (bicyclic) bond motifs is 1. The molecule has 0 fully saturated rings. The van der Waals surface area contributed by atoms with Crippen LogP contribution in [0.5, 0.6) is 11.5 Å². The van der Waals surface area contributed by atoms with Gasteiger partial charge in [0.25, 0.3) is 0 Å². The molecule has 26 heavy (non-hydrogen) atoms. The van der Waals surface area contributed by atoms with E-state index in [0.29, 0.717) is 42.8 Å². The third-order valence-corrected chi connectivity index (χ3v) is 4.06. The van der Waals surface area contributed by atoms with E-state index in [1.54, 1.807) is 13.3 Å². The number of hydrogen-bond acceptors (Lipinski definition) is 5. The number of nitrogens with zero attached hydrogens (tertiary/aromatic N) is 3. The van der Waals surface area contributed by atoms with E-state index in [-0.39, 0.29) is 24.0 Å². The van der Waals surface area contributed by atoms with Gasteiger partial charge < -0.3 is 24.2 Å². The van der Waals surface area contributed by atoms with E-state index >= 15 is 0 Å². The van der Waals surface area contributed by atoms with Crippen molar-refractivity contribution >= 4 is 41.5 Å². The highest BCUT2D eigenvalue weighted by Gasteiger charge is 2.16. The van der Waals surface area contributed by atoms with Crippen LogP contribution < -0.4 is 14.8 Å². The summed E-state index contributed by atoms with van der Waals surface area (Å²) in [5.41, 5.74) is 1.83. The maximum Gasteiger partial charge on any atom is 0.194 e. The van der Waals surface area contributed by atoms with Crippen molar-refractivity contribution in [2.45, 2.75) is 19.5 Å². The van der Waals surface area contributed by atoms with Crippen molar-refractivity contribution in [1.29, 1.82) is 0 Å². The second-order valence-corrected chi connectivity index (χ2v) is 6.11. The Balaban J connectivity index is 0.00000243. The molecule has 1 aromatic heterocycles. The van der Waals surface area contributed by atoms with E-state index in [1.807, 2.05) is 30.1 Å². The number of ether oxygens (including phenoxy) is 2. The molecule has 142 valence electrons. The topological polar surface area (TPSA) is 72.1 Å². The summed E-state index contributed by atoms with van der Waals surface area (Å²) in [4.78, 5) is 6.25. The molecule has 0 aliphatic carbocycles. The van der Waals surface area contributed by atoms with E-state index in [4.69, 9.17) is 25.6 Å². The maximum absolute atomic E-state index is 6.33. The molecule has 3 rings (SSSR count). The van der Waals surface area contributed by atoms with Crippen molar-refractivity contribution in [3.05, 3.63) is 40.7 Å². The van der Waals surface area contributed by atoms with Gasteiger partial charge in [-0.25, -0.2) is 0 Å². The number of halogens is 2. The Bertz CT molecular complexity index is 740. The maximum atomic E-state index is 6.33. The zero-order chi connectivity index (χ0) is 17.6. The summed E-state index contributed by atoms with van der Waals surface area (Å²) in [5.74, 6) is 2.05. The summed E-state index contributed by atoms with van der Waals surface area (Å²) in [5, 5.41) is 7.78. The standard InChI is InChI=1S/C17H21ClN4O3.HI/c1-19-17(22(2)11-13-4-7-25-21-13)20-10-12-8-14(18)16-15(9-12)23-5-3-6-24-16;/h4,7-9H,3,5-6,10-11H2,1-2H3,(H,19,20);1H. The van der Waals surface area contributed by atoms with Crippen LogP contribution in [0.4, 0.5) is 0 Å². The number of rotatable bonds is 4. The summed E-state index contributed by atoms with van der Waals surface area (Å²) in [7, 11) is 3.67. The van der Waals surface area contributed by atoms with Gasteiger partial charge in [-0.15, -0.1) is 24.0 Å². The Hall–Kier alpha value is -1.68. The fourth-order valence-corrected chi connectivity index (χ4v) is 2.88. The zero-order valence-electron chi connectivity index (χ0n) is 14.7. The highest BCUT2D eigenvalue weighted by Crippen LogP contribution is 2.37. The molecule has 2 heterocycles. The van der Waals surface area contributed by atoms with Crippen LogP contribution >= 0.6 is 35.6 Å². The van der Waals surface area contributed by atoms with Crippen molar-refractivity contribution in [2.24, 2.45) is 4.99 Å². The second kappa shape index (κ2) is 9.86. The third kappa shape index (κ3) is 5.16. The molecule has 7 nitrogen and oxygen atoms in total. The minimum absolute atomic E-state index is 0. The Kier molecular flexibility index (Phi) is 7.83. The predicted molar refractivity (Wildman–Crippen MR) is 111 cm³/mol. The molecule has 0 spiro atoms. The third-order valence-electron chi connectivity index (χ3n) is 3.78. The Labute approximate surface area is 174 Å². The van der Waals surface area contributed by atoms with E-state index in [1.165, 1.54) is 0 Å². The van der Waals surface area contributed by atoms with Gasteiger partial charge in [-0.2, -0.15) is 0 Å². The van der Waals surface area contributed by atoms with Crippen LogP contribution in [0.2, 0.25) is 5.02 Å². The molecule has 9 heteroatoms. The smallest absolute Gasteiger partial charge is 0.194 e. The van der Waals surface area contributed by atoms with Crippen LogP contribution in [0.15, 0.2) is 34.0 Å². The number of aromatic nitrogens is 1. The fourth-order valence-electron chi connectivity index (χ4n) is 2.59. The van der Waals surface area contributed by atoms with Crippen LogP contribution in [-0.2, 0) is 13.1 Å². The van der Waals surface area contributed by atoms with Gasteiger partial charge in [0.15, 0.2) is 17.5 Å². The first-order chi connectivity index (χ1) is 12.2. The molecule has 1 aliphatic rings. The van der Waals surface area contributed by atoms with Gasteiger partial charge in [0, 0.05) is 33.1 Å². The number of hydrogen-bond donors (Lipinski definition) is 1. The van der Waals surface area contributed by atoms with Gasteiger partial charge in [0.2, 0.25) is 0 Å². The second-order valence-electron chi connectivity index (χ2n) is 5.70. The van der Waals surface area contributed by atoms with Crippen LogP contribution in [0.1, 0.15) is 17.7 Å². The van der Waals surface area contributed by atoms with Crippen LogP contribution in [-0.4, -0.2) is 43.3 Å². The molecule has 0 saturated heterocycles.